The van der Waals surface area contributed by atoms with Crippen LogP contribution in [0.5, 0.6) is 0 Å². The first-order valence-electron chi connectivity index (χ1n) is 7.79. The molecule has 7 nitrogen and oxygen atoms in total. The Morgan fingerprint density at radius 3 is 2.70 bits per heavy atom. The van der Waals surface area contributed by atoms with Crippen molar-refractivity contribution in [3.05, 3.63) is 36.3 Å². The van der Waals surface area contributed by atoms with E-state index < -0.39 is 11.8 Å². The van der Waals surface area contributed by atoms with Crippen LogP contribution in [0.25, 0.3) is 0 Å². The second-order valence-corrected chi connectivity index (χ2v) is 5.88. The first-order chi connectivity index (χ1) is 11.1. The van der Waals surface area contributed by atoms with Gasteiger partial charge in [-0.2, -0.15) is 5.10 Å². The second-order valence-electron chi connectivity index (χ2n) is 5.88. The second kappa shape index (κ2) is 6.28. The van der Waals surface area contributed by atoms with Gasteiger partial charge in [0.05, 0.1) is 6.04 Å². The highest BCUT2D eigenvalue weighted by Gasteiger charge is 2.33. The van der Waals surface area contributed by atoms with Gasteiger partial charge in [-0.3, -0.25) is 14.3 Å². The number of carbonyl (C=O) groups excluding carboxylic acids is 2. The van der Waals surface area contributed by atoms with Crippen molar-refractivity contribution >= 4 is 17.6 Å². The molecule has 0 bridgehead atoms. The SMILES string of the molecule is Cn1ccc(NC(=O)C(=O)N2CCCCC2c2cccn2C)n1. The predicted octanol–water partition coefficient (Wildman–Crippen LogP) is 1.45. The van der Waals surface area contributed by atoms with Crippen LogP contribution in [0.1, 0.15) is 31.0 Å². The summed E-state index contributed by atoms with van der Waals surface area (Å²) in [4.78, 5) is 26.5. The zero-order valence-electron chi connectivity index (χ0n) is 13.4. The zero-order chi connectivity index (χ0) is 16.4. The van der Waals surface area contributed by atoms with Crippen molar-refractivity contribution in [2.45, 2.75) is 25.3 Å². The van der Waals surface area contributed by atoms with E-state index in [1.165, 1.54) is 0 Å². The van der Waals surface area contributed by atoms with E-state index in [-0.39, 0.29) is 6.04 Å². The smallest absolute Gasteiger partial charge is 0.315 e. The quantitative estimate of drug-likeness (QED) is 0.853. The molecule has 1 unspecified atom stereocenters. The maximum Gasteiger partial charge on any atom is 0.315 e. The van der Waals surface area contributed by atoms with E-state index in [0.29, 0.717) is 12.4 Å². The number of aryl methyl sites for hydroxylation is 2. The molecule has 3 heterocycles. The van der Waals surface area contributed by atoms with Gasteiger partial charge >= 0.3 is 11.8 Å². The fourth-order valence-electron chi connectivity index (χ4n) is 3.08. The number of nitrogens with zero attached hydrogens (tertiary/aromatic N) is 4. The lowest BCUT2D eigenvalue weighted by molar-refractivity contribution is -0.146. The Bertz CT molecular complexity index is 718. The van der Waals surface area contributed by atoms with E-state index in [2.05, 4.69) is 10.4 Å². The molecular weight excluding hydrogens is 294 g/mol. The maximum atomic E-state index is 12.6. The average molecular weight is 315 g/mol. The van der Waals surface area contributed by atoms with Crippen LogP contribution in [0.3, 0.4) is 0 Å². The summed E-state index contributed by atoms with van der Waals surface area (Å²) in [6.45, 7) is 0.602. The predicted molar refractivity (Wildman–Crippen MR) is 85.6 cm³/mol. The van der Waals surface area contributed by atoms with Crippen LogP contribution in [0.15, 0.2) is 30.6 Å². The molecule has 1 aliphatic rings. The molecule has 0 saturated carbocycles. The van der Waals surface area contributed by atoms with E-state index >= 15 is 0 Å². The third-order valence-electron chi connectivity index (χ3n) is 4.24. The molecule has 0 aromatic carbocycles. The highest BCUT2D eigenvalue weighted by atomic mass is 16.2. The van der Waals surface area contributed by atoms with Crippen molar-refractivity contribution in [3.8, 4) is 0 Å². The van der Waals surface area contributed by atoms with E-state index in [0.717, 1.165) is 25.0 Å². The van der Waals surface area contributed by atoms with E-state index in [4.69, 9.17) is 0 Å². The van der Waals surface area contributed by atoms with Crippen LogP contribution >= 0.6 is 0 Å². The van der Waals surface area contributed by atoms with Gasteiger partial charge in [0.2, 0.25) is 0 Å². The third-order valence-corrected chi connectivity index (χ3v) is 4.24. The molecule has 0 aliphatic carbocycles. The van der Waals surface area contributed by atoms with E-state index in [1.807, 2.05) is 29.9 Å². The Labute approximate surface area is 134 Å². The number of anilines is 1. The van der Waals surface area contributed by atoms with Gasteiger partial charge in [-0.25, -0.2) is 0 Å². The van der Waals surface area contributed by atoms with Gasteiger partial charge in [0.25, 0.3) is 0 Å². The maximum absolute atomic E-state index is 12.6. The summed E-state index contributed by atoms with van der Waals surface area (Å²) in [5, 5.41) is 6.64. The summed E-state index contributed by atoms with van der Waals surface area (Å²) >= 11 is 0. The van der Waals surface area contributed by atoms with Crippen LogP contribution in [0.4, 0.5) is 5.82 Å². The van der Waals surface area contributed by atoms with Crippen molar-refractivity contribution in [3.63, 3.8) is 0 Å². The normalized spacial score (nSPS) is 18.0. The highest BCUT2D eigenvalue weighted by molar-refractivity contribution is 6.39. The van der Waals surface area contributed by atoms with E-state index in [9.17, 15) is 9.59 Å². The molecule has 23 heavy (non-hydrogen) atoms. The molecule has 2 amide bonds. The van der Waals surface area contributed by atoms with Crippen LogP contribution in [-0.2, 0) is 23.7 Å². The Kier molecular flexibility index (Phi) is 4.18. The summed E-state index contributed by atoms with van der Waals surface area (Å²) in [6.07, 6.45) is 6.53. The Morgan fingerprint density at radius 2 is 2.04 bits per heavy atom. The van der Waals surface area contributed by atoms with Gasteiger partial charge in [0.15, 0.2) is 5.82 Å². The molecule has 7 heteroatoms. The van der Waals surface area contributed by atoms with Crippen LogP contribution < -0.4 is 5.32 Å². The number of amides is 2. The molecule has 3 rings (SSSR count). The zero-order valence-corrected chi connectivity index (χ0v) is 13.4. The fraction of sp³-hybridized carbons (Fsp3) is 0.438. The molecule has 1 saturated heterocycles. The molecular formula is C16H21N5O2. The van der Waals surface area contributed by atoms with Gasteiger partial charge in [-0.15, -0.1) is 0 Å². The minimum Gasteiger partial charge on any atom is -0.353 e. The first-order valence-corrected chi connectivity index (χ1v) is 7.79. The van der Waals surface area contributed by atoms with Gasteiger partial charge in [-0.1, -0.05) is 0 Å². The molecule has 1 aliphatic heterocycles. The summed E-state index contributed by atoms with van der Waals surface area (Å²) in [5.74, 6) is -0.746. The largest absolute Gasteiger partial charge is 0.353 e. The van der Waals surface area contributed by atoms with E-state index in [1.54, 1.807) is 28.9 Å². The lowest BCUT2D eigenvalue weighted by Gasteiger charge is -2.35. The van der Waals surface area contributed by atoms with Gasteiger partial charge in [-0.05, 0) is 31.4 Å². The number of piperidine rings is 1. The van der Waals surface area contributed by atoms with Crippen LogP contribution in [0, 0.1) is 0 Å². The molecule has 1 atom stereocenters. The number of aromatic nitrogens is 3. The van der Waals surface area contributed by atoms with Crippen LogP contribution in [0.2, 0.25) is 0 Å². The number of carbonyl (C=O) groups is 2. The lowest BCUT2D eigenvalue weighted by atomic mass is 9.99. The average Bonchev–Trinajstić information content (AvgIpc) is 3.15. The van der Waals surface area contributed by atoms with Gasteiger partial charge in [0, 0.05) is 44.8 Å². The van der Waals surface area contributed by atoms with Crippen LogP contribution in [-0.4, -0.2) is 37.6 Å². The molecule has 0 radical (unpaired) electrons. The van der Waals surface area contributed by atoms with Gasteiger partial charge < -0.3 is 14.8 Å². The molecule has 122 valence electrons. The molecule has 1 fully saturated rings. The monoisotopic (exact) mass is 315 g/mol. The summed E-state index contributed by atoms with van der Waals surface area (Å²) in [7, 11) is 3.72. The number of hydrogen-bond donors (Lipinski definition) is 1. The third kappa shape index (κ3) is 3.13. The summed E-state index contributed by atoms with van der Waals surface area (Å²) in [5.41, 5.74) is 1.06. The number of nitrogens with one attached hydrogen (secondary N) is 1. The van der Waals surface area contributed by atoms with Crippen molar-refractivity contribution in [1.82, 2.24) is 19.2 Å². The first kappa shape index (κ1) is 15.3. The van der Waals surface area contributed by atoms with Crippen molar-refractivity contribution in [2.24, 2.45) is 14.1 Å². The fourth-order valence-corrected chi connectivity index (χ4v) is 3.08. The van der Waals surface area contributed by atoms with Crippen molar-refractivity contribution in [1.29, 1.82) is 0 Å². The van der Waals surface area contributed by atoms with Crippen molar-refractivity contribution in [2.75, 3.05) is 11.9 Å². The number of rotatable bonds is 2. The Hall–Kier alpha value is -2.57. The Balaban J connectivity index is 1.76. The molecule has 0 spiro atoms. The minimum absolute atomic E-state index is 0.0502. The molecule has 1 N–H and O–H groups in total. The summed E-state index contributed by atoms with van der Waals surface area (Å²) in [6, 6.07) is 5.58. The minimum atomic E-state index is -0.634. The Morgan fingerprint density at radius 1 is 1.22 bits per heavy atom. The number of likely N-dealkylation sites (tertiary alicyclic amines) is 1. The van der Waals surface area contributed by atoms with Crippen molar-refractivity contribution < 1.29 is 9.59 Å². The highest BCUT2D eigenvalue weighted by Crippen LogP contribution is 2.31. The molecule has 2 aromatic rings. The molecule has 2 aromatic heterocycles. The lowest BCUT2D eigenvalue weighted by Crippen LogP contribution is -2.44. The topological polar surface area (TPSA) is 72.2 Å². The van der Waals surface area contributed by atoms with Gasteiger partial charge in [0.1, 0.15) is 0 Å². The number of hydrogen-bond acceptors (Lipinski definition) is 3. The standard InChI is InChI=1S/C16H21N5O2/c1-19-9-5-7-12(19)13-6-3-4-10-21(13)16(23)15(22)17-14-8-11-20(2)18-14/h5,7-9,11,13H,3-4,6,10H2,1-2H3,(H,17,18,22). The summed E-state index contributed by atoms with van der Waals surface area (Å²) < 4.78 is 3.58.